The van der Waals surface area contributed by atoms with Crippen LogP contribution in [0.25, 0.3) is 5.65 Å². The standard InChI is InChI=1S/C21H24ClN7O/c1-14(15-2-4-17(22)5-3-15)28(18-6-7-18)21(30)16-10-12-27(13-11-16)20-9-8-19-23-25-26-29(19)24-20/h2-5,8-9,14,16,18H,6-7,10-13H2,1H3. The number of aromatic nitrogens is 5. The van der Waals surface area contributed by atoms with Gasteiger partial charge in [-0.15, -0.1) is 14.8 Å². The van der Waals surface area contributed by atoms with Crippen LogP contribution in [-0.4, -0.2) is 55.2 Å². The number of piperidine rings is 1. The van der Waals surface area contributed by atoms with Crippen LogP contribution in [0.1, 0.15) is 44.2 Å². The van der Waals surface area contributed by atoms with Crippen LogP contribution in [-0.2, 0) is 4.79 Å². The van der Waals surface area contributed by atoms with Crippen LogP contribution < -0.4 is 4.90 Å². The van der Waals surface area contributed by atoms with Crippen molar-refractivity contribution < 1.29 is 4.79 Å². The fraction of sp³-hybridized carbons (Fsp3) is 0.476. The third-order valence-electron chi connectivity index (χ3n) is 6.19. The fourth-order valence-corrected chi connectivity index (χ4v) is 4.44. The number of carbonyl (C=O) groups excluding carboxylic acids is 1. The summed E-state index contributed by atoms with van der Waals surface area (Å²) in [5, 5.41) is 16.6. The number of anilines is 1. The Bertz CT molecular complexity index is 1040. The van der Waals surface area contributed by atoms with Crippen LogP contribution in [0.15, 0.2) is 36.4 Å². The van der Waals surface area contributed by atoms with Crippen molar-refractivity contribution >= 4 is 29.0 Å². The number of fused-ring (bicyclic) bond motifs is 1. The highest BCUT2D eigenvalue weighted by molar-refractivity contribution is 6.30. The van der Waals surface area contributed by atoms with Gasteiger partial charge < -0.3 is 9.80 Å². The van der Waals surface area contributed by atoms with E-state index in [9.17, 15) is 4.79 Å². The van der Waals surface area contributed by atoms with Crippen molar-refractivity contribution in [2.75, 3.05) is 18.0 Å². The molecule has 2 aromatic heterocycles. The maximum absolute atomic E-state index is 13.5. The zero-order valence-electron chi connectivity index (χ0n) is 16.9. The fourth-order valence-electron chi connectivity index (χ4n) is 4.32. The average molecular weight is 426 g/mol. The van der Waals surface area contributed by atoms with E-state index in [-0.39, 0.29) is 17.9 Å². The Kier molecular flexibility index (Phi) is 5.02. The van der Waals surface area contributed by atoms with E-state index in [0.717, 1.165) is 55.2 Å². The molecular formula is C21H24ClN7O. The smallest absolute Gasteiger partial charge is 0.226 e. The molecular weight excluding hydrogens is 402 g/mol. The van der Waals surface area contributed by atoms with E-state index >= 15 is 0 Å². The maximum Gasteiger partial charge on any atom is 0.226 e. The van der Waals surface area contributed by atoms with Crippen molar-refractivity contribution in [2.45, 2.75) is 44.7 Å². The summed E-state index contributed by atoms with van der Waals surface area (Å²) in [4.78, 5) is 17.8. The van der Waals surface area contributed by atoms with Gasteiger partial charge in [0.15, 0.2) is 11.5 Å². The number of tetrazole rings is 1. The summed E-state index contributed by atoms with van der Waals surface area (Å²) in [5.74, 6) is 1.17. The number of benzene rings is 1. The van der Waals surface area contributed by atoms with Gasteiger partial charge in [-0.1, -0.05) is 23.7 Å². The summed E-state index contributed by atoms with van der Waals surface area (Å²) < 4.78 is 1.44. The SMILES string of the molecule is CC(c1ccc(Cl)cc1)N(C(=O)C1CCN(c2ccc3nnnn3n2)CC1)C1CC1. The monoisotopic (exact) mass is 425 g/mol. The summed E-state index contributed by atoms with van der Waals surface area (Å²) >= 11 is 6.04. The minimum absolute atomic E-state index is 0.0494. The number of nitrogens with zero attached hydrogens (tertiary/aromatic N) is 7. The van der Waals surface area contributed by atoms with Gasteiger partial charge in [0.05, 0.1) is 6.04 Å². The molecule has 1 aromatic carbocycles. The number of rotatable bonds is 5. The molecule has 1 aliphatic carbocycles. The Morgan fingerprint density at radius 3 is 2.53 bits per heavy atom. The van der Waals surface area contributed by atoms with Gasteiger partial charge in [0, 0.05) is 30.1 Å². The highest BCUT2D eigenvalue weighted by atomic mass is 35.5. The molecule has 5 rings (SSSR count). The first-order chi connectivity index (χ1) is 14.6. The number of amides is 1. The Labute approximate surface area is 179 Å². The second-order valence-electron chi connectivity index (χ2n) is 8.18. The third-order valence-corrected chi connectivity index (χ3v) is 6.44. The highest BCUT2D eigenvalue weighted by Gasteiger charge is 2.39. The summed E-state index contributed by atoms with van der Waals surface area (Å²) in [6.07, 6.45) is 3.84. The normalized spacial score (nSPS) is 18.5. The molecule has 0 bridgehead atoms. The van der Waals surface area contributed by atoms with Crippen molar-refractivity contribution in [3.8, 4) is 0 Å². The highest BCUT2D eigenvalue weighted by Crippen LogP contribution is 2.37. The van der Waals surface area contributed by atoms with Crippen molar-refractivity contribution in [1.82, 2.24) is 30.2 Å². The van der Waals surface area contributed by atoms with Gasteiger partial charge in [-0.2, -0.15) is 0 Å². The number of hydrogen-bond acceptors (Lipinski definition) is 6. The van der Waals surface area contributed by atoms with Crippen molar-refractivity contribution in [1.29, 1.82) is 0 Å². The minimum Gasteiger partial charge on any atom is -0.355 e. The molecule has 1 saturated carbocycles. The van der Waals surface area contributed by atoms with Crippen molar-refractivity contribution in [3.63, 3.8) is 0 Å². The second kappa shape index (κ2) is 7.83. The van der Waals surface area contributed by atoms with Crippen LogP contribution in [0.3, 0.4) is 0 Å². The largest absolute Gasteiger partial charge is 0.355 e. The van der Waals surface area contributed by atoms with Gasteiger partial charge in [0.1, 0.15) is 0 Å². The zero-order chi connectivity index (χ0) is 20.7. The number of halogens is 1. The van der Waals surface area contributed by atoms with E-state index in [4.69, 9.17) is 11.6 Å². The van der Waals surface area contributed by atoms with E-state index in [0.29, 0.717) is 11.7 Å². The first kappa shape index (κ1) is 19.2. The molecule has 2 fully saturated rings. The van der Waals surface area contributed by atoms with Crippen LogP contribution >= 0.6 is 11.6 Å². The lowest BCUT2D eigenvalue weighted by molar-refractivity contribution is -0.139. The Balaban J connectivity index is 1.27. The number of hydrogen-bond donors (Lipinski definition) is 0. The summed E-state index contributed by atoms with van der Waals surface area (Å²) in [7, 11) is 0. The number of carbonyl (C=O) groups is 1. The summed E-state index contributed by atoms with van der Waals surface area (Å²) in [5.41, 5.74) is 1.76. The molecule has 0 radical (unpaired) electrons. The lowest BCUT2D eigenvalue weighted by atomic mass is 9.93. The summed E-state index contributed by atoms with van der Waals surface area (Å²) in [6, 6.07) is 12.1. The third kappa shape index (κ3) is 3.71. The molecule has 30 heavy (non-hydrogen) atoms. The average Bonchev–Trinajstić information content (AvgIpc) is 3.49. The molecule has 0 N–H and O–H groups in total. The quantitative estimate of drug-likeness (QED) is 0.624. The molecule has 8 nitrogen and oxygen atoms in total. The topological polar surface area (TPSA) is 79.5 Å². The Morgan fingerprint density at radius 2 is 1.83 bits per heavy atom. The van der Waals surface area contributed by atoms with Crippen molar-refractivity contribution in [2.24, 2.45) is 5.92 Å². The molecule has 1 aliphatic heterocycles. The van der Waals surface area contributed by atoms with E-state index in [1.54, 1.807) is 0 Å². The maximum atomic E-state index is 13.5. The van der Waals surface area contributed by atoms with E-state index in [1.165, 1.54) is 4.63 Å². The van der Waals surface area contributed by atoms with Crippen LogP contribution in [0.4, 0.5) is 5.82 Å². The molecule has 3 heterocycles. The molecule has 1 amide bonds. The lowest BCUT2D eigenvalue weighted by Crippen LogP contribution is -2.44. The Hall–Kier alpha value is -2.74. The zero-order valence-corrected chi connectivity index (χ0v) is 17.6. The molecule has 1 atom stereocenters. The summed E-state index contributed by atoms with van der Waals surface area (Å²) in [6.45, 7) is 3.72. The van der Waals surface area contributed by atoms with Gasteiger partial charge in [-0.05, 0) is 72.9 Å². The van der Waals surface area contributed by atoms with Crippen molar-refractivity contribution in [3.05, 3.63) is 47.0 Å². The van der Waals surface area contributed by atoms with Gasteiger partial charge in [-0.25, -0.2) is 0 Å². The minimum atomic E-state index is 0.0494. The van der Waals surface area contributed by atoms with Crippen LogP contribution in [0.5, 0.6) is 0 Å². The molecule has 1 unspecified atom stereocenters. The van der Waals surface area contributed by atoms with Gasteiger partial charge in [0.25, 0.3) is 0 Å². The molecule has 2 aliphatic rings. The van der Waals surface area contributed by atoms with E-state index in [2.05, 4.69) is 37.3 Å². The predicted molar refractivity (Wildman–Crippen MR) is 113 cm³/mol. The molecule has 156 valence electrons. The van der Waals surface area contributed by atoms with Crippen LogP contribution in [0.2, 0.25) is 5.02 Å². The molecule has 1 saturated heterocycles. The second-order valence-corrected chi connectivity index (χ2v) is 8.62. The first-order valence-corrected chi connectivity index (χ1v) is 10.9. The van der Waals surface area contributed by atoms with Crippen LogP contribution in [0, 0.1) is 5.92 Å². The molecule has 9 heteroatoms. The first-order valence-electron chi connectivity index (χ1n) is 10.5. The van der Waals surface area contributed by atoms with E-state index < -0.39 is 0 Å². The predicted octanol–water partition coefficient (Wildman–Crippen LogP) is 3.14. The van der Waals surface area contributed by atoms with Gasteiger partial charge in [0.2, 0.25) is 5.91 Å². The molecule has 3 aromatic rings. The van der Waals surface area contributed by atoms with Gasteiger partial charge >= 0.3 is 0 Å². The van der Waals surface area contributed by atoms with E-state index in [1.807, 2.05) is 36.4 Å². The molecule has 0 spiro atoms. The van der Waals surface area contributed by atoms with Gasteiger partial charge in [-0.3, -0.25) is 4.79 Å². The lowest BCUT2D eigenvalue weighted by Gasteiger charge is -2.37. The Morgan fingerprint density at radius 1 is 1.10 bits per heavy atom.